The van der Waals surface area contributed by atoms with Gasteiger partial charge in [0, 0.05) is 6.04 Å². The maximum Gasteiger partial charge on any atom is 0.258 e. The summed E-state index contributed by atoms with van der Waals surface area (Å²) in [5, 5.41) is 12.8. The summed E-state index contributed by atoms with van der Waals surface area (Å²) < 4.78 is 0. The van der Waals surface area contributed by atoms with Crippen LogP contribution in [-0.2, 0) is 6.54 Å². The standard InChI is InChI=1S/C11H19N3O2/c1-6(2)9-10(15)13-8(14-11(9)16)5-12-7(3)4/h6-7,12H,5H2,1-4H3,(H2,13,14,15,16). The Kier molecular flexibility index (Phi) is 4.06. The van der Waals surface area contributed by atoms with Crippen LogP contribution < -0.4 is 10.9 Å². The number of aromatic hydroxyl groups is 1. The first kappa shape index (κ1) is 12.7. The Morgan fingerprint density at radius 3 is 2.44 bits per heavy atom. The van der Waals surface area contributed by atoms with E-state index in [4.69, 9.17) is 0 Å². The molecule has 90 valence electrons. The second kappa shape index (κ2) is 5.12. The van der Waals surface area contributed by atoms with Gasteiger partial charge in [-0.15, -0.1) is 0 Å². The van der Waals surface area contributed by atoms with Gasteiger partial charge in [0.15, 0.2) is 0 Å². The first-order valence-electron chi connectivity index (χ1n) is 5.47. The Morgan fingerprint density at radius 1 is 1.38 bits per heavy atom. The molecule has 0 unspecified atom stereocenters. The minimum absolute atomic E-state index is 0.0386. The van der Waals surface area contributed by atoms with Crippen molar-refractivity contribution in [3.8, 4) is 5.88 Å². The number of rotatable bonds is 4. The Hall–Kier alpha value is -1.36. The minimum Gasteiger partial charge on any atom is -0.493 e. The van der Waals surface area contributed by atoms with Gasteiger partial charge in [0.05, 0.1) is 12.1 Å². The third kappa shape index (κ3) is 3.06. The third-order valence-electron chi connectivity index (χ3n) is 2.24. The molecule has 0 aliphatic carbocycles. The van der Waals surface area contributed by atoms with Crippen molar-refractivity contribution in [1.29, 1.82) is 0 Å². The topological polar surface area (TPSA) is 78.0 Å². The highest BCUT2D eigenvalue weighted by atomic mass is 16.3. The lowest BCUT2D eigenvalue weighted by Gasteiger charge is -2.10. The van der Waals surface area contributed by atoms with Gasteiger partial charge in [-0.1, -0.05) is 27.7 Å². The largest absolute Gasteiger partial charge is 0.493 e. The molecule has 0 aliphatic rings. The summed E-state index contributed by atoms with van der Waals surface area (Å²) in [5.74, 6) is 0.253. The second-order valence-corrected chi connectivity index (χ2v) is 4.44. The van der Waals surface area contributed by atoms with Gasteiger partial charge < -0.3 is 15.4 Å². The SMILES string of the molecule is CC(C)NCc1nc(O)c(C(C)C)c(=O)[nH]1. The van der Waals surface area contributed by atoms with Gasteiger partial charge in [-0.25, -0.2) is 0 Å². The highest BCUT2D eigenvalue weighted by Crippen LogP contribution is 2.18. The number of aromatic amines is 1. The fraction of sp³-hybridized carbons (Fsp3) is 0.636. The fourth-order valence-electron chi connectivity index (χ4n) is 1.42. The van der Waals surface area contributed by atoms with E-state index in [-0.39, 0.29) is 17.4 Å². The summed E-state index contributed by atoms with van der Waals surface area (Å²) in [7, 11) is 0. The zero-order valence-corrected chi connectivity index (χ0v) is 10.2. The zero-order chi connectivity index (χ0) is 12.3. The van der Waals surface area contributed by atoms with Crippen molar-refractivity contribution in [2.75, 3.05) is 0 Å². The third-order valence-corrected chi connectivity index (χ3v) is 2.24. The summed E-state index contributed by atoms with van der Waals surface area (Å²) in [5.41, 5.74) is 0.0800. The maximum atomic E-state index is 11.7. The molecule has 0 bridgehead atoms. The molecule has 1 rings (SSSR count). The van der Waals surface area contributed by atoms with Crippen molar-refractivity contribution in [1.82, 2.24) is 15.3 Å². The highest BCUT2D eigenvalue weighted by molar-refractivity contribution is 5.25. The molecule has 3 N–H and O–H groups in total. The van der Waals surface area contributed by atoms with E-state index < -0.39 is 0 Å². The van der Waals surface area contributed by atoms with Crippen LogP contribution in [0.2, 0.25) is 0 Å². The molecular weight excluding hydrogens is 206 g/mol. The molecular formula is C11H19N3O2. The van der Waals surface area contributed by atoms with Crippen molar-refractivity contribution in [3.63, 3.8) is 0 Å². The molecule has 16 heavy (non-hydrogen) atoms. The lowest BCUT2D eigenvalue weighted by Crippen LogP contribution is -2.26. The summed E-state index contributed by atoms with van der Waals surface area (Å²) in [4.78, 5) is 18.3. The van der Waals surface area contributed by atoms with E-state index in [1.807, 2.05) is 27.7 Å². The number of nitrogens with zero attached hydrogens (tertiary/aromatic N) is 1. The van der Waals surface area contributed by atoms with E-state index in [1.54, 1.807) is 0 Å². The number of nitrogens with one attached hydrogen (secondary N) is 2. The Bertz CT molecular complexity index is 410. The number of hydrogen-bond acceptors (Lipinski definition) is 4. The van der Waals surface area contributed by atoms with Crippen LogP contribution in [0.5, 0.6) is 5.88 Å². The van der Waals surface area contributed by atoms with Crippen LogP contribution in [0.4, 0.5) is 0 Å². The quantitative estimate of drug-likeness (QED) is 0.717. The molecule has 0 aromatic carbocycles. The Balaban J connectivity index is 2.96. The van der Waals surface area contributed by atoms with Gasteiger partial charge in [-0.05, 0) is 5.92 Å². The van der Waals surface area contributed by atoms with Crippen LogP contribution in [0.15, 0.2) is 4.79 Å². The van der Waals surface area contributed by atoms with E-state index >= 15 is 0 Å². The lowest BCUT2D eigenvalue weighted by molar-refractivity contribution is 0.432. The second-order valence-electron chi connectivity index (χ2n) is 4.44. The Morgan fingerprint density at radius 2 is 2.00 bits per heavy atom. The normalized spacial score (nSPS) is 11.4. The van der Waals surface area contributed by atoms with Gasteiger partial charge in [-0.2, -0.15) is 4.98 Å². The molecule has 1 aromatic heterocycles. The van der Waals surface area contributed by atoms with Gasteiger partial charge in [0.2, 0.25) is 5.88 Å². The van der Waals surface area contributed by atoms with Crippen molar-refractivity contribution >= 4 is 0 Å². The summed E-state index contributed by atoms with van der Waals surface area (Å²) in [6.45, 7) is 8.13. The predicted octanol–water partition coefficient (Wildman–Crippen LogP) is 1.10. The highest BCUT2D eigenvalue weighted by Gasteiger charge is 2.13. The molecule has 0 fully saturated rings. The minimum atomic E-state index is -0.261. The summed E-state index contributed by atoms with van der Waals surface area (Å²) in [6.07, 6.45) is 0. The van der Waals surface area contributed by atoms with Crippen molar-refractivity contribution in [2.45, 2.75) is 46.2 Å². The smallest absolute Gasteiger partial charge is 0.258 e. The van der Waals surface area contributed by atoms with Gasteiger partial charge in [0.25, 0.3) is 5.56 Å². The van der Waals surface area contributed by atoms with Crippen LogP contribution in [-0.4, -0.2) is 21.1 Å². The average Bonchev–Trinajstić information content (AvgIpc) is 2.12. The Labute approximate surface area is 94.9 Å². The maximum absolute atomic E-state index is 11.7. The first-order valence-corrected chi connectivity index (χ1v) is 5.47. The van der Waals surface area contributed by atoms with Crippen molar-refractivity contribution < 1.29 is 5.11 Å². The summed E-state index contributed by atoms with van der Waals surface area (Å²) in [6, 6.07) is 0.303. The predicted molar refractivity (Wildman–Crippen MR) is 62.6 cm³/mol. The number of hydrogen-bond donors (Lipinski definition) is 3. The van der Waals surface area contributed by atoms with Crippen molar-refractivity contribution in [3.05, 3.63) is 21.7 Å². The molecule has 0 saturated heterocycles. The zero-order valence-electron chi connectivity index (χ0n) is 10.2. The fourth-order valence-corrected chi connectivity index (χ4v) is 1.42. The molecule has 0 amide bonds. The summed E-state index contributed by atoms with van der Waals surface area (Å²) >= 11 is 0. The van der Waals surface area contributed by atoms with E-state index in [2.05, 4.69) is 15.3 Å². The number of aromatic nitrogens is 2. The molecule has 0 radical (unpaired) electrons. The van der Waals surface area contributed by atoms with Crippen LogP contribution >= 0.6 is 0 Å². The number of H-pyrrole nitrogens is 1. The molecule has 0 spiro atoms. The van der Waals surface area contributed by atoms with Crippen LogP contribution in [0.1, 0.15) is 45.0 Å². The first-order chi connectivity index (χ1) is 7.41. The van der Waals surface area contributed by atoms with Crippen LogP contribution in [0.25, 0.3) is 0 Å². The van der Waals surface area contributed by atoms with Crippen molar-refractivity contribution in [2.24, 2.45) is 0 Å². The monoisotopic (exact) mass is 225 g/mol. The van der Waals surface area contributed by atoms with Gasteiger partial charge in [-0.3, -0.25) is 4.79 Å². The average molecular weight is 225 g/mol. The molecule has 5 heteroatoms. The van der Waals surface area contributed by atoms with E-state index in [0.29, 0.717) is 24.0 Å². The van der Waals surface area contributed by atoms with Crippen LogP contribution in [0, 0.1) is 0 Å². The molecule has 0 atom stereocenters. The van der Waals surface area contributed by atoms with Crippen LogP contribution in [0.3, 0.4) is 0 Å². The molecule has 1 aromatic rings. The lowest BCUT2D eigenvalue weighted by atomic mass is 10.1. The van der Waals surface area contributed by atoms with E-state index in [0.717, 1.165) is 0 Å². The molecule has 1 heterocycles. The van der Waals surface area contributed by atoms with Gasteiger partial charge >= 0.3 is 0 Å². The molecule has 0 saturated carbocycles. The van der Waals surface area contributed by atoms with Gasteiger partial charge in [0.1, 0.15) is 5.82 Å². The molecule has 0 aliphatic heterocycles. The molecule has 5 nitrogen and oxygen atoms in total. The van der Waals surface area contributed by atoms with E-state index in [1.165, 1.54) is 0 Å². The van der Waals surface area contributed by atoms with E-state index in [9.17, 15) is 9.90 Å².